The third-order valence-electron chi connectivity index (χ3n) is 2.85. The van der Waals surface area contributed by atoms with Crippen LogP contribution in [0.4, 0.5) is 5.69 Å². The molecule has 0 unspecified atom stereocenters. The van der Waals surface area contributed by atoms with Gasteiger partial charge < -0.3 is 14.8 Å². The molecule has 0 aliphatic heterocycles. The van der Waals surface area contributed by atoms with Crippen LogP contribution in [0.25, 0.3) is 0 Å². The maximum Gasteiger partial charge on any atom is 0.262 e. The molecule has 0 bridgehead atoms. The normalized spacial score (nSPS) is 10.0. The van der Waals surface area contributed by atoms with Crippen molar-refractivity contribution >= 4 is 27.5 Å². The Balaban J connectivity index is 1.92. The van der Waals surface area contributed by atoms with Crippen LogP contribution in [0.1, 0.15) is 5.56 Å². The number of rotatable bonds is 5. The standard InChI is InChI=1S/C16H16BrNO3/c1-11-8-12(17)6-7-15(11)21-10-16(19)18-13-4-3-5-14(9-13)20-2/h3-9H,10H2,1-2H3,(H,18,19). The van der Waals surface area contributed by atoms with E-state index < -0.39 is 0 Å². The van der Waals surface area contributed by atoms with E-state index >= 15 is 0 Å². The molecule has 0 saturated carbocycles. The number of halogens is 1. The highest BCUT2D eigenvalue weighted by Crippen LogP contribution is 2.22. The summed E-state index contributed by atoms with van der Waals surface area (Å²) in [5.41, 5.74) is 1.65. The summed E-state index contributed by atoms with van der Waals surface area (Å²) >= 11 is 3.39. The SMILES string of the molecule is COc1cccc(NC(=O)COc2ccc(Br)cc2C)c1. The van der Waals surface area contributed by atoms with E-state index in [-0.39, 0.29) is 12.5 Å². The van der Waals surface area contributed by atoms with Gasteiger partial charge in [0.05, 0.1) is 7.11 Å². The van der Waals surface area contributed by atoms with Crippen molar-refractivity contribution in [3.8, 4) is 11.5 Å². The zero-order valence-electron chi connectivity index (χ0n) is 11.9. The fourth-order valence-electron chi connectivity index (χ4n) is 1.82. The number of ether oxygens (including phenoxy) is 2. The highest BCUT2D eigenvalue weighted by Gasteiger charge is 2.06. The van der Waals surface area contributed by atoms with Crippen molar-refractivity contribution in [2.45, 2.75) is 6.92 Å². The molecule has 0 aliphatic rings. The summed E-state index contributed by atoms with van der Waals surface area (Å²) < 4.78 is 11.6. The van der Waals surface area contributed by atoms with E-state index in [0.29, 0.717) is 17.2 Å². The molecular weight excluding hydrogens is 334 g/mol. The van der Waals surface area contributed by atoms with Crippen molar-refractivity contribution in [1.82, 2.24) is 0 Å². The molecule has 0 spiro atoms. The van der Waals surface area contributed by atoms with Gasteiger partial charge in [-0.25, -0.2) is 0 Å². The predicted octanol–water partition coefficient (Wildman–Crippen LogP) is 3.78. The zero-order valence-corrected chi connectivity index (χ0v) is 13.4. The molecule has 0 heterocycles. The summed E-state index contributed by atoms with van der Waals surface area (Å²) in [7, 11) is 1.58. The van der Waals surface area contributed by atoms with Crippen LogP contribution in [0.2, 0.25) is 0 Å². The molecule has 4 nitrogen and oxygen atoms in total. The zero-order chi connectivity index (χ0) is 15.2. The average molecular weight is 350 g/mol. The molecule has 1 N–H and O–H groups in total. The fourth-order valence-corrected chi connectivity index (χ4v) is 2.29. The molecular formula is C16H16BrNO3. The molecule has 0 saturated heterocycles. The highest BCUT2D eigenvalue weighted by molar-refractivity contribution is 9.10. The molecule has 0 aromatic heterocycles. The van der Waals surface area contributed by atoms with E-state index in [1.54, 1.807) is 19.2 Å². The van der Waals surface area contributed by atoms with Crippen LogP contribution in [0.5, 0.6) is 11.5 Å². The Morgan fingerprint density at radius 1 is 1.24 bits per heavy atom. The van der Waals surface area contributed by atoms with Gasteiger partial charge in [0.2, 0.25) is 0 Å². The van der Waals surface area contributed by atoms with E-state index in [2.05, 4.69) is 21.2 Å². The summed E-state index contributed by atoms with van der Waals surface area (Å²) in [6.45, 7) is 1.89. The first kappa shape index (κ1) is 15.4. The van der Waals surface area contributed by atoms with Crippen LogP contribution in [0, 0.1) is 6.92 Å². The highest BCUT2D eigenvalue weighted by atomic mass is 79.9. The van der Waals surface area contributed by atoms with E-state index in [1.165, 1.54) is 0 Å². The summed E-state index contributed by atoms with van der Waals surface area (Å²) in [5.74, 6) is 1.17. The number of anilines is 1. The molecule has 110 valence electrons. The van der Waals surface area contributed by atoms with E-state index in [0.717, 1.165) is 10.0 Å². The lowest BCUT2D eigenvalue weighted by Crippen LogP contribution is -2.20. The van der Waals surface area contributed by atoms with E-state index in [9.17, 15) is 4.79 Å². The number of amides is 1. The summed E-state index contributed by atoms with van der Waals surface area (Å²) in [6, 6.07) is 12.8. The van der Waals surface area contributed by atoms with Crippen molar-refractivity contribution in [3.63, 3.8) is 0 Å². The first-order valence-electron chi connectivity index (χ1n) is 6.41. The van der Waals surface area contributed by atoms with Gasteiger partial charge in [-0.1, -0.05) is 22.0 Å². The van der Waals surface area contributed by atoms with Crippen LogP contribution in [0.3, 0.4) is 0 Å². The van der Waals surface area contributed by atoms with Gasteiger partial charge in [0.25, 0.3) is 5.91 Å². The van der Waals surface area contributed by atoms with Gasteiger partial charge in [-0.2, -0.15) is 0 Å². The van der Waals surface area contributed by atoms with Crippen LogP contribution < -0.4 is 14.8 Å². The molecule has 0 aliphatic carbocycles. The van der Waals surface area contributed by atoms with Gasteiger partial charge in [-0.15, -0.1) is 0 Å². The molecule has 5 heteroatoms. The topological polar surface area (TPSA) is 47.6 Å². The number of carbonyl (C=O) groups excluding carboxylic acids is 1. The first-order chi connectivity index (χ1) is 10.1. The number of aryl methyl sites for hydroxylation is 1. The Labute approximate surface area is 132 Å². The van der Waals surface area contributed by atoms with Crippen LogP contribution in [-0.4, -0.2) is 19.6 Å². The first-order valence-corrected chi connectivity index (χ1v) is 7.20. The maximum atomic E-state index is 11.9. The number of carbonyl (C=O) groups is 1. The Bertz CT molecular complexity index is 643. The van der Waals surface area contributed by atoms with Gasteiger partial charge in [0, 0.05) is 16.2 Å². The Kier molecular flexibility index (Phi) is 5.22. The Hall–Kier alpha value is -2.01. The van der Waals surface area contributed by atoms with E-state index in [1.807, 2.05) is 37.3 Å². The van der Waals surface area contributed by atoms with Crippen molar-refractivity contribution in [2.24, 2.45) is 0 Å². The van der Waals surface area contributed by atoms with Crippen LogP contribution in [-0.2, 0) is 4.79 Å². The second kappa shape index (κ2) is 7.13. The lowest BCUT2D eigenvalue weighted by atomic mass is 10.2. The maximum absolute atomic E-state index is 11.9. The monoisotopic (exact) mass is 349 g/mol. The van der Waals surface area contributed by atoms with Gasteiger partial charge >= 0.3 is 0 Å². The van der Waals surface area contributed by atoms with Crippen LogP contribution >= 0.6 is 15.9 Å². The minimum atomic E-state index is -0.217. The largest absolute Gasteiger partial charge is 0.497 e. The number of nitrogens with one attached hydrogen (secondary N) is 1. The lowest BCUT2D eigenvalue weighted by molar-refractivity contribution is -0.118. The average Bonchev–Trinajstić information content (AvgIpc) is 2.46. The summed E-state index contributed by atoms with van der Waals surface area (Å²) in [6.07, 6.45) is 0. The quantitative estimate of drug-likeness (QED) is 0.893. The van der Waals surface area contributed by atoms with Crippen LogP contribution in [0.15, 0.2) is 46.9 Å². The van der Waals surface area contributed by atoms with Gasteiger partial charge in [-0.05, 0) is 42.8 Å². The molecule has 1 amide bonds. The third-order valence-corrected chi connectivity index (χ3v) is 3.34. The van der Waals surface area contributed by atoms with Gasteiger partial charge in [0.1, 0.15) is 11.5 Å². The smallest absolute Gasteiger partial charge is 0.262 e. The van der Waals surface area contributed by atoms with Crippen molar-refractivity contribution in [3.05, 3.63) is 52.5 Å². The van der Waals surface area contributed by atoms with Crippen molar-refractivity contribution in [1.29, 1.82) is 0 Å². The number of hydrogen-bond donors (Lipinski definition) is 1. The fraction of sp³-hybridized carbons (Fsp3) is 0.188. The van der Waals surface area contributed by atoms with Crippen molar-refractivity contribution < 1.29 is 14.3 Å². The Morgan fingerprint density at radius 3 is 2.76 bits per heavy atom. The number of hydrogen-bond acceptors (Lipinski definition) is 3. The van der Waals surface area contributed by atoms with E-state index in [4.69, 9.17) is 9.47 Å². The summed E-state index contributed by atoms with van der Waals surface area (Å²) in [5, 5.41) is 2.76. The molecule has 2 aromatic rings. The molecule has 0 fully saturated rings. The van der Waals surface area contributed by atoms with Gasteiger partial charge in [-0.3, -0.25) is 4.79 Å². The second-order valence-electron chi connectivity index (χ2n) is 4.48. The minimum absolute atomic E-state index is 0.0420. The van der Waals surface area contributed by atoms with Crippen molar-refractivity contribution in [2.75, 3.05) is 19.0 Å². The minimum Gasteiger partial charge on any atom is -0.497 e. The number of benzene rings is 2. The molecule has 0 atom stereocenters. The summed E-state index contributed by atoms with van der Waals surface area (Å²) in [4.78, 5) is 11.9. The predicted molar refractivity (Wildman–Crippen MR) is 86.0 cm³/mol. The number of methoxy groups -OCH3 is 1. The van der Waals surface area contributed by atoms with Gasteiger partial charge in [0.15, 0.2) is 6.61 Å². The molecule has 21 heavy (non-hydrogen) atoms. The third kappa shape index (κ3) is 4.49. The lowest BCUT2D eigenvalue weighted by Gasteiger charge is -2.10. The molecule has 2 aromatic carbocycles. The molecule has 2 rings (SSSR count). The molecule has 0 radical (unpaired) electrons. The second-order valence-corrected chi connectivity index (χ2v) is 5.39. The Morgan fingerprint density at radius 2 is 2.05 bits per heavy atom.